The van der Waals surface area contributed by atoms with Gasteiger partial charge >= 0.3 is 0 Å². The first-order valence-corrected chi connectivity index (χ1v) is 9.63. The zero-order valence-corrected chi connectivity index (χ0v) is 16.7. The van der Waals surface area contributed by atoms with E-state index in [1.54, 1.807) is 18.2 Å². The van der Waals surface area contributed by atoms with Gasteiger partial charge in [-0.15, -0.1) is 0 Å². The zero-order chi connectivity index (χ0) is 20.8. The molecule has 2 heterocycles. The lowest BCUT2D eigenvalue weighted by molar-refractivity contribution is 0.0604. The minimum absolute atomic E-state index is 0.152. The second kappa shape index (κ2) is 9.84. The molecule has 0 atom stereocenters. The first-order valence-electron chi connectivity index (χ1n) is 9.63. The van der Waals surface area contributed by atoms with E-state index in [2.05, 4.69) is 9.97 Å². The largest absolute Gasteiger partial charge is 0.382 e. The molecule has 6 nitrogen and oxygen atoms in total. The number of nitrogens with zero attached hydrogens (tertiary/aromatic N) is 3. The number of hydrogen-bond donors (Lipinski definition) is 0. The number of rotatable bonds is 7. The third-order valence-corrected chi connectivity index (χ3v) is 5.04. The molecule has 0 spiro atoms. The Bertz CT molecular complexity index is 855. The molecule has 1 aliphatic heterocycles. The summed E-state index contributed by atoms with van der Waals surface area (Å²) >= 11 is 0. The molecule has 1 amide bonds. The van der Waals surface area contributed by atoms with E-state index in [-0.39, 0.29) is 11.5 Å². The van der Waals surface area contributed by atoms with Crippen LogP contribution in [0.1, 0.15) is 46.2 Å². The zero-order valence-electron chi connectivity index (χ0n) is 16.7. The van der Waals surface area contributed by atoms with E-state index in [9.17, 15) is 13.6 Å². The number of amides is 1. The van der Waals surface area contributed by atoms with Crippen molar-refractivity contribution in [2.24, 2.45) is 0 Å². The first-order chi connectivity index (χ1) is 14.0. The van der Waals surface area contributed by atoms with Gasteiger partial charge in [0.05, 0.1) is 31.1 Å². The number of aromatic nitrogens is 2. The molecule has 1 aromatic carbocycles. The second-order valence-corrected chi connectivity index (χ2v) is 7.06. The molecule has 156 valence electrons. The van der Waals surface area contributed by atoms with Crippen molar-refractivity contribution in [1.82, 2.24) is 14.9 Å². The van der Waals surface area contributed by atoms with Gasteiger partial charge in [0.25, 0.3) is 5.91 Å². The standard InChI is InChI=1S/C21H25F2N3O3/c1-14-24-12-16(13-29-10-9-28-2)20(25-14)15-5-7-26(8-6-15)21(27)18-11-17(22)3-4-19(18)23/h3-4,11-12,15H,5-10,13H2,1-2H3. The number of hydrogen-bond acceptors (Lipinski definition) is 5. The Morgan fingerprint density at radius 1 is 1.24 bits per heavy atom. The van der Waals surface area contributed by atoms with Crippen LogP contribution in [0.15, 0.2) is 24.4 Å². The fraction of sp³-hybridized carbons (Fsp3) is 0.476. The highest BCUT2D eigenvalue weighted by atomic mass is 19.1. The Morgan fingerprint density at radius 2 is 2.00 bits per heavy atom. The molecule has 3 rings (SSSR count). The number of carbonyl (C=O) groups is 1. The van der Waals surface area contributed by atoms with Gasteiger partial charge in [-0.1, -0.05) is 0 Å². The molecule has 8 heteroatoms. The van der Waals surface area contributed by atoms with Crippen LogP contribution in [0.3, 0.4) is 0 Å². The van der Waals surface area contributed by atoms with Gasteiger partial charge in [-0.3, -0.25) is 4.79 Å². The van der Waals surface area contributed by atoms with E-state index in [0.717, 1.165) is 29.5 Å². The molecule has 1 aromatic heterocycles. The van der Waals surface area contributed by atoms with Crippen molar-refractivity contribution in [3.8, 4) is 0 Å². The van der Waals surface area contributed by atoms with Crippen LogP contribution in [0.4, 0.5) is 8.78 Å². The molecule has 0 aliphatic carbocycles. The SMILES string of the molecule is COCCOCc1cnc(C)nc1C1CCN(C(=O)c2cc(F)ccc2F)CC1. The van der Waals surface area contributed by atoms with Crippen LogP contribution in [-0.4, -0.2) is 54.2 Å². The normalized spacial score (nSPS) is 15.0. The summed E-state index contributed by atoms with van der Waals surface area (Å²) in [6.45, 7) is 4.13. The summed E-state index contributed by atoms with van der Waals surface area (Å²) in [6, 6.07) is 2.94. The van der Waals surface area contributed by atoms with E-state index in [0.29, 0.717) is 51.6 Å². The summed E-state index contributed by atoms with van der Waals surface area (Å²) in [5.74, 6) is -0.984. The maximum atomic E-state index is 13.9. The smallest absolute Gasteiger partial charge is 0.256 e. The number of aryl methyl sites for hydroxylation is 1. The van der Waals surface area contributed by atoms with Crippen LogP contribution in [0.25, 0.3) is 0 Å². The number of carbonyl (C=O) groups excluding carboxylic acids is 1. The van der Waals surface area contributed by atoms with Crippen molar-refractivity contribution in [3.63, 3.8) is 0 Å². The van der Waals surface area contributed by atoms with E-state index >= 15 is 0 Å². The monoisotopic (exact) mass is 405 g/mol. The Morgan fingerprint density at radius 3 is 2.72 bits per heavy atom. The number of ether oxygens (including phenoxy) is 2. The summed E-state index contributed by atoms with van der Waals surface area (Å²) in [4.78, 5) is 23.1. The van der Waals surface area contributed by atoms with Gasteiger partial charge in [0.1, 0.15) is 17.5 Å². The lowest BCUT2D eigenvalue weighted by Gasteiger charge is -2.32. The molecule has 0 saturated carbocycles. The van der Waals surface area contributed by atoms with Gasteiger partial charge in [0, 0.05) is 37.9 Å². The summed E-state index contributed by atoms with van der Waals surface area (Å²) in [5, 5.41) is 0. The van der Waals surface area contributed by atoms with Gasteiger partial charge < -0.3 is 14.4 Å². The molecule has 0 radical (unpaired) electrons. The van der Waals surface area contributed by atoms with Gasteiger partial charge in [-0.25, -0.2) is 18.7 Å². The second-order valence-electron chi connectivity index (χ2n) is 7.06. The maximum Gasteiger partial charge on any atom is 0.256 e. The van der Waals surface area contributed by atoms with Crippen molar-refractivity contribution >= 4 is 5.91 Å². The van der Waals surface area contributed by atoms with Gasteiger partial charge in [0.15, 0.2) is 0 Å². The minimum Gasteiger partial charge on any atom is -0.382 e. The van der Waals surface area contributed by atoms with Crippen LogP contribution in [-0.2, 0) is 16.1 Å². The highest BCUT2D eigenvalue weighted by Gasteiger charge is 2.28. The minimum atomic E-state index is -0.708. The lowest BCUT2D eigenvalue weighted by atomic mass is 9.90. The predicted octanol–water partition coefficient (Wildman–Crippen LogP) is 3.25. The number of methoxy groups -OCH3 is 1. The van der Waals surface area contributed by atoms with Crippen LogP contribution in [0.5, 0.6) is 0 Å². The maximum absolute atomic E-state index is 13.9. The quantitative estimate of drug-likeness (QED) is 0.662. The van der Waals surface area contributed by atoms with Crippen LogP contribution < -0.4 is 0 Å². The Balaban J connectivity index is 1.66. The summed E-state index contributed by atoms with van der Waals surface area (Å²) in [6.07, 6.45) is 3.15. The van der Waals surface area contributed by atoms with Crippen LogP contribution in [0.2, 0.25) is 0 Å². The first kappa shape index (κ1) is 21.3. The lowest BCUT2D eigenvalue weighted by Crippen LogP contribution is -2.38. The van der Waals surface area contributed by atoms with Crippen LogP contribution in [0, 0.1) is 18.6 Å². The summed E-state index contributed by atoms with van der Waals surface area (Å²) in [5.41, 5.74) is 1.63. The van der Waals surface area contributed by atoms with E-state index in [4.69, 9.17) is 9.47 Å². The summed E-state index contributed by atoms with van der Waals surface area (Å²) in [7, 11) is 1.62. The van der Waals surface area contributed by atoms with Crippen molar-refractivity contribution in [2.75, 3.05) is 33.4 Å². The number of likely N-dealkylation sites (tertiary alicyclic amines) is 1. The van der Waals surface area contributed by atoms with Crippen LogP contribution >= 0.6 is 0 Å². The molecule has 1 aliphatic rings. The molecular formula is C21H25F2N3O3. The van der Waals surface area contributed by atoms with Crippen molar-refractivity contribution in [1.29, 1.82) is 0 Å². The highest BCUT2D eigenvalue weighted by molar-refractivity contribution is 5.94. The number of piperidine rings is 1. The molecule has 29 heavy (non-hydrogen) atoms. The third-order valence-electron chi connectivity index (χ3n) is 5.04. The molecule has 1 saturated heterocycles. The number of benzene rings is 1. The Kier molecular flexibility index (Phi) is 7.22. The summed E-state index contributed by atoms with van der Waals surface area (Å²) < 4.78 is 38.0. The van der Waals surface area contributed by atoms with Gasteiger partial charge in [-0.2, -0.15) is 0 Å². The van der Waals surface area contributed by atoms with E-state index < -0.39 is 17.5 Å². The Labute approximate surface area is 168 Å². The predicted molar refractivity (Wildman–Crippen MR) is 103 cm³/mol. The molecule has 0 bridgehead atoms. The average Bonchev–Trinajstić information content (AvgIpc) is 2.73. The van der Waals surface area contributed by atoms with Crippen molar-refractivity contribution in [3.05, 3.63) is 58.7 Å². The van der Waals surface area contributed by atoms with Crippen molar-refractivity contribution in [2.45, 2.75) is 32.3 Å². The fourth-order valence-corrected chi connectivity index (χ4v) is 3.49. The van der Waals surface area contributed by atoms with E-state index in [1.165, 1.54) is 0 Å². The molecular weight excluding hydrogens is 380 g/mol. The molecule has 0 unspecified atom stereocenters. The van der Waals surface area contributed by atoms with Gasteiger partial charge in [0.2, 0.25) is 0 Å². The average molecular weight is 405 g/mol. The van der Waals surface area contributed by atoms with Crippen molar-refractivity contribution < 1.29 is 23.0 Å². The molecule has 0 N–H and O–H groups in total. The topological polar surface area (TPSA) is 64.6 Å². The number of halogens is 2. The molecule has 2 aromatic rings. The molecule has 1 fully saturated rings. The highest BCUT2D eigenvalue weighted by Crippen LogP contribution is 2.30. The fourth-order valence-electron chi connectivity index (χ4n) is 3.49. The van der Waals surface area contributed by atoms with E-state index in [1.807, 2.05) is 6.92 Å². The van der Waals surface area contributed by atoms with Gasteiger partial charge in [-0.05, 0) is 38.0 Å². The Hall–Kier alpha value is -2.45. The third kappa shape index (κ3) is 5.33.